The predicted octanol–water partition coefficient (Wildman–Crippen LogP) is 2.62. The van der Waals surface area contributed by atoms with Crippen LogP contribution < -0.4 is 5.32 Å². The van der Waals surface area contributed by atoms with Gasteiger partial charge in [0, 0.05) is 32.2 Å². The smallest absolute Gasteiger partial charge is 0.0529 e. The molecule has 0 atom stereocenters. The van der Waals surface area contributed by atoms with Gasteiger partial charge in [-0.25, -0.2) is 0 Å². The molecule has 3 heteroatoms. The summed E-state index contributed by atoms with van der Waals surface area (Å²) >= 11 is 0. The normalized spacial score (nSPS) is 19.4. The third kappa shape index (κ3) is 2.95. The molecule has 1 aliphatic heterocycles. The van der Waals surface area contributed by atoms with Crippen molar-refractivity contribution in [1.82, 2.24) is 4.98 Å². The van der Waals surface area contributed by atoms with E-state index >= 15 is 0 Å². The topological polar surface area (TPSA) is 34.2 Å². The molecule has 1 fully saturated rings. The minimum absolute atomic E-state index is 0.363. The Labute approximate surface area is 97.2 Å². The second kappa shape index (κ2) is 4.83. The highest BCUT2D eigenvalue weighted by atomic mass is 16.5. The average Bonchev–Trinajstić information content (AvgIpc) is 2.28. The number of pyridine rings is 1. The lowest BCUT2D eigenvalue weighted by atomic mass is 9.82. The first-order valence-electron chi connectivity index (χ1n) is 5.91. The van der Waals surface area contributed by atoms with Crippen LogP contribution in [-0.4, -0.2) is 24.7 Å². The van der Waals surface area contributed by atoms with Crippen LogP contribution in [0, 0.1) is 12.3 Å². The fourth-order valence-electron chi connectivity index (χ4n) is 2.01. The van der Waals surface area contributed by atoms with Gasteiger partial charge in [0.15, 0.2) is 0 Å². The molecule has 0 aliphatic carbocycles. The number of nitrogens with zero attached hydrogens (tertiary/aromatic N) is 1. The average molecular weight is 220 g/mol. The van der Waals surface area contributed by atoms with Gasteiger partial charge in [-0.1, -0.05) is 6.92 Å². The molecule has 0 aromatic carbocycles. The molecule has 16 heavy (non-hydrogen) atoms. The van der Waals surface area contributed by atoms with E-state index < -0.39 is 0 Å². The monoisotopic (exact) mass is 220 g/mol. The van der Waals surface area contributed by atoms with Gasteiger partial charge in [0.25, 0.3) is 0 Å². The second-order valence-corrected chi connectivity index (χ2v) is 5.03. The molecular weight excluding hydrogens is 200 g/mol. The molecule has 2 rings (SSSR count). The van der Waals surface area contributed by atoms with Gasteiger partial charge >= 0.3 is 0 Å². The Hall–Kier alpha value is -1.09. The van der Waals surface area contributed by atoms with Gasteiger partial charge in [-0.05, 0) is 36.8 Å². The van der Waals surface area contributed by atoms with Crippen LogP contribution in [0.15, 0.2) is 18.5 Å². The molecule has 0 saturated carbocycles. The fourth-order valence-corrected chi connectivity index (χ4v) is 2.01. The summed E-state index contributed by atoms with van der Waals surface area (Å²) in [6.07, 6.45) is 6.04. The fraction of sp³-hybridized carbons (Fsp3) is 0.615. The SMILES string of the molecule is Cc1cncc(NCC2(C)CCOCC2)c1. The van der Waals surface area contributed by atoms with Crippen molar-refractivity contribution < 1.29 is 4.74 Å². The van der Waals surface area contributed by atoms with Gasteiger partial charge in [0.1, 0.15) is 0 Å². The summed E-state index contributed by atoms with van der Waals surface area (Å²) in [5, 5.41) is 3.48. The number of rotatable bonds is 3. The molecule has 0 spiro atoms. The van der Waals surface area contributed by atoms with Crippen LogP contribution in [0.25, 0.3) is 0 Å². The summed E-state index contributed by atoms with van der Waals surface area (Å²) in [6, 6.07) is 2.13. The van der Waals surface area contributed by atoms with Gasteiger partial charge < -0.3 is 10.1 Å². The summed E-state index contributed by atoms with van der Waals surface area (Å²) in [5.41, 5.74) is 2.68. The molecule has 1 aromatic heterocycles. The lowest BCUT2D eigenvalue weighted by Gasteiger charge is -2.33. The summed E-state index contributed by atoms with van der Waals surface area (Å²) in [4.78, 5) is 4.18. The molecule has 0 radical (unpaired) electrons. The van der Waals surface area contributed by atoms with Crippen LogP contribution >= 0.6 is 0 Å². The van der Waals surface area contributed by atoms with Crippen molar-refractivity contribution in [2.24, 2.45) is 5.41 Å². The zero-order valence-corrected chi connectivity index (χ0v) is 10.1. The Balaban J connectivity index is 1.91. The van der Waals surface area contributed by atoms with Crippen molar-refractivity contribution in [2.75, 3.05) is 25.1 Å². The molecule has 0 unspecified atom stereocenters. The number of hydrogen-bond acceptors (Lipinski definition) is 3. The van der Waals surface area contributed by atoms with Crippen molar-refractivity contribution in [3.63, 3.8) is 0 Å². The Morgan fingerprint density at radius 2 is 2.12 bits per heavy atom. The number of hydrogen-bond donors (Lipinski definition) is 1. The van der Waals surface area contributed by atoms with Crippen LogP contribution in [0.3, 0.4) is 0 Å². The van der Waals surface area contributed by atoms with E-state index in [0.29, 0.717) is 5.41 Å². The third-order valence-corrected chi connectivity index (χ3v) is 3.29. The standard InChI is InChI=1S/C13H20N2O/c1-11-7-12(9-14-8-11)15-10-13(2)3-5-16-6-4-13/h7-9,15H,3-6,10H2,1-2H3. The van der Waals surface area contributed by atoms with E-state index in [0.717, 1.165) is 38.3 Å². The van der Waals surface area contributed by atoms with Crippen molar-refractivity contribution >= 4 is 5.69 Å². The Morgan fingerprint density at radius 1 is 1.38 bits per heavy atom. The van der Waals surface area contributed by atoms with Gasteiger partial charge in [-0.2, -0.15) is 0 Å². The molecule has 1 saturated heterocycles. The van der Waals surface area contributed by atoms with Crippen LogP contribution in [-0.2, 0) is 4.74 Å². The number of aromatic nitrogens is 1. The highest BCUT2D eigenvalue weighted by Gasteiger charge is 2.26. The number of ether oxygens (including phenoxy) is 1. The maximum atomic E-state index is 5.40. The summed E-state index contributed by atoms with van der Waals surface area (Å²) in [5.74, 6) is 0. The van der Waals surface area contributed by atoms with Crippen molar-refractivity contribution in [1.29, 1.82) is 0 Å². The number of aryl methyl sites for hydroxylation is 1. The van der Waals surface area contributed by atoms with Crippen LogP contribution in [0.2, 0.25) is 0 Å². The Morgan fingerprint density at radius 3 is 2.81 bits per heavy atom. The Bertz CT molecular complexity index is 346. The number of anilines is 1. The van der Waals surface area contributed by atoms with E-state index in [-0.39, 0.29) is 0 Å². The van der Waals surface area contributed by atoms with Gasteiger partial charge in [-0.3, -0.25) is 4.98 Å². The number of nitrogens with one attached hydrogen (secondary N) is 1. The minimum atomic E-state index is 0.363. The van der Waals surface area contributed by atoms with E-state index in [4.69, 9.17) is 4.74 Å². The summed E-state index contributed by atoms with van der Waals surface area (Å²) < 4.78 is 5.40. The summed E-state index contributed by atoms with van der Waals surface area (Å²) in [7, 11) is 0. The quantitative estimate of drug-likeness (QED) is 0.850. The van der Waals surface area contributed by atoms with E-state index in [1.54, 1.807) is 0 Å². The third-order valence-electron chi connectivity index (χ3n) is 3.29. The Kier molecular flexibility index (Phi) is 3.44. The van der Waals surface area contributed by atoms with Crippen LogP contribution in [0.1, 0.15) is 25.3 Å². The zero-order chi connectivity index (χ0) is 11.4. The van der Waals surface area contributed by atoms with Crippen molar-refractivity contribution in [3.8, 4) is 0 Å². The maximum absolute atomic E-state index is 5.40. The van der Waals surface area contributed by atoms with Crippen molar-refractivity contribution in [3.05, 3.63) is 24.0 Å². The summed E-state index contributed by atoms with van der Waals surface area (Å²) in [6.45, 7) is 7.18. The van der Waals surface area contributed by atoms with E-state index in [1.807, 2.05) is 12.4 Å². The van der Waals surface area contributed by atoms with Crippen LogP contribution in [0.5, 0.6) is 0 Å². The lowest BCUT2D eigenvalue weighted by Crippen LogP contribution is -2.33. The molecule has 1 aliphatic rings. The van der Waals surface area contributed by atoms with E-state index in [9.17, 15) is 0 Å². The second-order valence-electron chi connectivity index (χ2n) is 5.03. The predicted molar refractivity (Wildman–Crippen MR) is 65.6 cm³/mol. The molecule has 1 aromatic rings. The molecule has 2 heterocycles. The molecular formula is C13H20N2O. The minimum Gasteiger partial charge on any atom is -0.383 e. The maximum Gasteiger partial charge on any atom is 0.0529 e. The van der Waals surface area contributed by atoms with Gasteiger partial charge in [0.2, 0.25) is 0 Å². The molecule has 1 N–H and O–H groups in total. The van der Waals surface area contributed by atoms with E-state index in [1.165, 1.54) is 5.56 Å². The van der Waals surface area contributed by atoms with Crippen molar-refractivity contribution in [2.45, 2.75) is 26.7 Å². The first-order valence-corrected chi connectivity index (χ1v) is 5.91. The highest BCUT2D eigenvalue weighted by molar-refractivity contribution is 5.42. The van der Waals surface area contributed by atoms with Gasteiger partial charge in [0.05, 0.1) is 5.69 Å². The highest BCUT2D eigenvalue weighted by Crippen LogP contribution is 2.29. The largest absolute Gasteiger partial charge is 0.383 e. The first kappa shape index (κ1) is 11.4. The van der Waals surface area contributed by atoms with Gasteiger partial charge in [-0.15, -0.1) is 0 Å². The zero-order valence-electron chi connectivity index (χ0n) is 10.1. The molecule has 3 nitrogen and oxygen atoms in total. The first-order chi connectivity index (χ1) is 7.68. The molecule has 0 amide bonds. The lowest BCUT2D eigenvalue weighted by molar-refractivity contribution is 0.0300. The molecule has 0 bridgehead atoms. The van der Waals surface area contributed by atoms with E-state index in [2.05, 4.69) is 30.2 Å². The van der Waals surface area contributed by atoms with Crippen LogP contribution in [0.4, 0.5) is 5.69 Å². The molecule has 88 valence electrons.